The van der Waals surface area contributed by atoms with Crippen molar-refractivity contribution in [2.24, 2.45) is 0 Å². The molecule has 7 heteroatoms. The van der Waals surface area contributed by atoms with E-state index in [1.54, 1.807) is 16.8 Å². The SMILES string of the molecule is CCn1ncc(-c2ccn(-c3ccc(NC(=O)CC#N)cc3)n2)c1C. The number of rotatable bonds is 5. The second kappa shape index (κ2) is 7.01. The zero-order valence-corrected chi connectivity index (χ0v) is 14.1. The Hall–Kier alpha value is -3.40. The Morgan fingerprint density at radius 3 is 2.68 bits per heavy atom. The van der Waals surface area contributed by atoms with Crippen LogP contribution < -0.4 is 5.32 Å². The highest BCUT2D eigenvalue weighted by atomic mass is 16.1. The van der Waals surface area contributed by atoms with Crippen molar-refractivity contribution in [3.8, 4) is 23.0 Å². The highest BCUT2D eigenvalue weighted by molar-refractivity contribution is 5.92. The highest BCUT2D eigenvalue weighted by Gasteiger charge is 2.11. The van der Waals surface area contributed by atoms with Crippen molar-refractivity contribution >= 4 is 11.6 Å². The van der Waals surface area contributed by atoms with Gasteiger partial charge in [0.2, 0.25) is 5.91 Å². The van der Waals surface area contributed by atoms with Crippen LogP contribution in [-0.4, -0.2) is 25.5 Å². The molecule has 3 rings (SSSR count). The summed E-state index contributed by atoms with van der Waals surface area (Å²) in [6.45, 7) is 4.91. The van der Waals surface area contributed by atoms with Gasteiger partial charge in [0.25, 0.3) is 0 Å². The lowest BCUT2D eigenvalue weighted by atomic mass is 10.2. The number of nitrogens with zero attached hydrogens (tertiary/aromatic N) is 5. The molecule has 25 heavy (non-hydrogen) atoms. The van der Waals surface area contributed by atoms with E-state index in [1.807, 2.05) is 48.3 Å². The molecule has 2 aromatic heterocycles. The third-order valence-corrected chi connectivity index (χ3v) is 3.92. The van der Waals surface area contributed by atoms with Crippen molar-refractivity contribution in [2.45, 2.75) is 26.8 Å². The van der Waals surface area contributed by atoms with Crippen molar-refractivity contribution in [3.63, 3.8) is 0 Å². The Kier molecular flexibility index (Phi) is 4.61. The standard InChI is InChI=1S/C18H18N6O/c1-3-23-13(2)16(12-20-23)17-9-11-24(22-17)15-6-4-14(5-7-15)21-18(25)8-10-19/h4-7,9,11-12H,3,8H2,1-2H3,(H,21,25). The minimum atomic E-state index is -0.319. The van der Waals surface area contributed by atoms with Crippen molar-refractivity contribution in [2.75, 3.05) is 5.32 Å². The largest absolute Gasteiger partial charge is 0.325 e. The van der Waals surface area contributed by atoms with Crippen LogP contribution in [0, 0.1) is 18.3 Å². The van der Waals surface area contributed by atoms with Crippen molar-refractivity contribution < 1.29 is 4.79 Å². The molecule has 2 heterocycles. The number of anilines is 1. The van der Waals surface area contributed by atoms with Crippen LogP contribution in [0.4, 0.5) is 5.69 Å². The number of carbonyl (C=O) groups excluding carboxylic acids is 1. The van der Waals surface area contributed by atoms with Gasteiger partial charge in [0.05, 0.1) is 23.6 Å². The van der Waals surface area contributed by atoms with Gasteiger partial charge in [0.1, 0.15) is 6.42 Å². The summed E-state index contributed by atoms with van der Waals surface area (Å²) in [5.41, 5.74) is 4.49. The molecule has 0 radical (unpaired) electrons. The lowest BCUT2D eigenvalue weighted by molar-refractivity contribution is -0.115. The first-order valence-corrected chi connectivity index (χ1v) is 7.98. The van der Waals surface area contributed by atoms with Gasteiger partial charge in [-0.1, -0.05) is 0 Å². The van der Waals surface area contributed by atoms with Crippen LogP contribution >= 0.6 is 0 Å². The molecule has 1 aromatic carbocycles. The fraction of sp³-hybridized carbons (Fsp3) is 0.222. The molecular formula is C18H18N6O. The van der Waals surface area contributed by atoms with Crippen LogP contribution in [0.25, 0.3) is 16.9 Å². The van der Waals surface area contributed by atoms with E-state index >= 15 is 0 Å². The Morgan fingerprint density at radius 2 is 2.04 bits per heavy atom. The average Bonchev–Trinajstić information content (AvgIpc) is 3.22. The van der Waals surface area contributed by atoms with Crippen LogP contribution in [0.5, 0.6) is 0 Å². The summed E-state index contributed by atoms with van der Waals surface area (Å²) in [6.07, 6.45) is 3.57. The van der Waals surface area contributed by atoms with E-state index in [9.17, 15) is 4.79 Å². The fourth-order valence-corrected chi connectivity index (χ4v) is 2.60. The Bertz CT molecular complexity index is 929. The molecule has 0 bridgehead atoms. The number of benzene rings is 1. The first-order chi connectivity index (χ1) is 12.1. The maximum absolute atomic E-state index is 11.4. The highest BCUT2D eigenvalue weighted by Crippen LogP contribution is 2.22. The number of aryl methyl sites for hydroxylation is 1. The maximum Gasteiger partial charge on any atom is 0.238 e. The molecule has 0 saturated carbocycles. The summed E-state index contributed by atoms with van der Waals surface area (Å²) in [4.78, 5) is 11.4. The molecule has 0 aliphatic carbocycles. The van der Waals surface area contributed by atoms with Gasteiger partial charge in [0, 0.05) is 29.7 Å². The van der Waals surface area contributed by atoms with Gasteiger partial charge in [0.15, 0.2) is 0 Å². The molecular weight excluding hydrogens is 316 g/mol. The van der Waals surface area contributed by atoms with Crippen LogP contribution in [0.15, 0.2) is 42.7 Å². The summed E-state index contributed by atoms with van der Waals surface area (Å²) < 4.78 is 3.71. The summed E-state index contributed by atoms with van der Waals surface area (Å²) in [7, 11) is 0. The van der Waals surface area contributed by atoms with E-state index < -0.39 is 0 Å². The average molecular weight is 334 g/mol. The van der Waals surface area contributed by atoms with Gasteiger partial charge in [-0.2, -0.15) is 15.5 Å². The molecule has 0 atom stereocenters. The number of nitriles is 1. The smallest absolute Gasteiger partial charge is 0.238 e. The number of hydrogen-bond donors (Lipinski definition) is 1. The van der Waals surface area contributed by atoms with Crippen molar-refractivity contribution in [3.05, 3.63) is 48.4 Å². The van der Waals surface area contributed by atoms with E-state index in [2.05, 4.69) is 22.4 Å². The molecule has 126 valence electrons. The number of amides is 1. The van der Waals surface area contributed by atoms with Crippen LogP contribution in [0.2, 0.25) is 0 Å². The third kappa shape index (κ3) is 3.43. The predicted molar refractivity (Wildman–Crippen MR) is 94.1 cm³/mol. The zero-order chi connectivity index (χ0) is 17.8. The van der Waals surface area contributed by atoms with Crippen LogP contribution in [0.3, 0.4) is 0 Å². The maximum atomic E-state index is 11.4. The van der Waals surface area contributed by atoms with E-state index in [0.717, 1.165) is 29.2 Å². The first-order valence-electron chi connectivity index (χ1n) is 7.98. The zero-order valence-electron chi connectivity index (χ0n) is 14.1. The molecule has 0 aliphatic rings. The molecule has 0 aliphatic heterocycles. The van der Waals surface area contributed by atoms with Crippen molar-refractivity contribution in [1.29, 1.82) is 5.26 Å². The Labute approximate surface area is 145 Å². The number of nitrogens with one attached hydrogen (secondary N) is 1. The lowest BCUT2D eigenvalue weighted by Crippen LogP contribution is -2.10. The summed E-state index contributed by atoms with van der Waals surface area (Å²) >= 11 is 0. The minimum Gasteiger partial charge on any atom is -0.325 e. The quantitative estimate of drug-likeness (QED) is 0.777. The van der Waals surface area contributed by atoms with Gasteiger partial charge in [-0.05, 0) is 44.2 Å². The Balaban J connectivity index is 1.79. The van der Waals surface area contributed by atoms with E-state index in [4.69, 9.17) is 5.26 Å². The molecule has 3 aromatic rings. The van der Waals surface area contributed by atoms with Gasteiger partial charge in [-0.3, -0.25) is 9.48 Å². The van der Waals surface area contributed by atoms with Gasteiger partial charge in [-0.25, -0.2) is 4.68 Å². The topological polar surface area (TPSA) is 88.5 Å². The molecule has 0 unspecified atom stereocenters. The fourth-order valence-electron chi connectivity index (χ4n) is 2.60. The molecule has 0 saturated heterocycles. The lowest BCUT2D eigenvalue weighted by Gasteiger charge is -2.05. The van der Waals surface area contributed by atoms with Crippen LogP contribution in [0.1, 0.15) is 19.0 Å². The molecule has 1 amide bonds. The minimum absolute atomic E-state index is 0.158. The number of carbonyl (C=O) groups is 1. The van der Waals surface area contributed by atoms with E-state index in [0.29, 0.717) is 5.69 Å². The first kappa shape index (κ1) is 16.5. The number of aromatic nitrogens is 4. The normalized spacial score (nSPS) is 10.4. The second-order valence-corrected chi connectivity index (χ2v) is 5.53. The summed E-state index contributed by atoms with van der Waals surface area (Å²) in [6, 6.07) is 11.1. The van der Waals surface area contributed by atoms with Gasteiger partial charge in [-0.15, -0.1) is 0 Å². The predicted octanol–water partition coefficient (Wildman–Crippen LogP) is 2.92. The Morgan fingerprint density at radius 1 is 1.28 bits per heavy atom. The second-order valence-electron chi connectivity index (χ2n) is 5.53. The molecule has 0 spiro atoms. The molecule has 1 N–H and O–H groups in total. The van der Waals surface area contributed by atoms with Gasteiger partial charge < -0.3 is 5.32 Å². The summed E-state index contributed by atoms with van der Waals surface area (Å²) in [5.74, 6) is -0.319. The van der Waals surface area contributed by atoms with Gasteiger partial charge >= 0.3 is 0 Å². The molecule has 0 fully saturated rings. The van der Waals surface area contributed by atoms with E-state index in [-0.39, 0.29) is 12.3 Å². The van der Waals surface area contributed by atoms with Crippen molar-refractivity contribution in [1.82, 2.24) is 19.6 Å². The summed E-state index contributed by atoms with van der Waals surface area (Å²) in [5, 5.41) is 20.1. The van der Waals surface area contributed by atoms with E-state index in [1.165, 1.54) is 0 Å². The monoisotopic (exact) mass is 334 g/mol. The van der Waals surface area contributed by atoms with Crippen LogP contribution in [-0.2, 0) is 11.3 Å². The number of hydrogen-bond acceptors (Lipinski definition) is 4. The molecule has 7 nitrogen and oxygen atoms in total. The third-order valence-electron chi connectivity index (χ3n) is 3.92.